The van der Waals surface area contributed by atoms with Gasteiger partial charge in [0, 0.05) is 27.7 Å². The van der Waals surface area contributed by atoms with E-state index in [0.29, 0.717) is 39.2 Å². The lowest BCUT2D eigenvalue weighted by atomic mass is 10.0. The number of amides is 1. The maximum absolute atomic E-state index is 13.7. The maximum atomic E-state index is 13.7. The summed E-state index contributed by atoms with van der Waals surface area (Å²) in [5.74, 6) is 0.141. The van der Waals surface area contributed by atoms with Crippen LogP contribution in [0.5, 0.6) is 0 Å². The van der Waals surface area contributed by atoms with Crippen LogP contribution in [-0.4, -0.2) is 36.8 Å². The Kier molecular flexibility index (Phi) is 6.81. The van der Waals surface area contributed by atoms with Crippen molar-refractivity contribution in [1.82, 2.24) is 4.90 Å². The Balaban J connectivity index is 1.73. The van der Waals surface area contributed by atoms with Crippen molar-refractivity contribution in [2.45, 2.75) is 38.8 Å². The second-order valence-electron chi connectivity index (χ2n) is 8.39. The Morgan fingerprint density at radius 2 is 1.84 bits per heavy atom. The molecular weight excluding hydrogens is 509 g/mol. The highest BCUT2D eigenvalue weighted by Crippen LogP contribution is 2.42. The van der Waals surface area contributed by atoms with E-state index in [2.05, 4.69) is 13.8 Å². The van der Waals surface area contributed by atoms with Crippen molar-refractivity contribution >= 4 is 72.0 Å². The average Bonchev–Trinajstić information content (AvgIpc) is 3.25. The van der Waals surface area contributed by atoms with Crippen LogP contribution in [-0.2, 0) is 16.4 Å². The second-order valence-corrected chi connectivity index (χ2v) is 12.9. The molecule has 170 valence electrons. The number of benzene rings is 2. The van der Waals surface area contributed by atoms with E-state index in [0.717, 1.165) is 10.3 Å². The fourth-order valence-corrected chi connectivity index (χ4v) is 8.03. The van der Waals surface area contributed by atoms with Crippen molar-refractivity contribution in [1.29, 1.82) is 0 Å². The predicted molar refractivity (Wildman–Crippen MR) is 134 cm³/mol. The van der Waals surface area contributed by atoms with Crippen LogP contribution in [0.4, 0.5) is 0 Å². The standard InChI is InChI=1S/C23H22Cl3NO3S2/c1-13(2)15-5-3-14(4-6-15)11-27(17-7-8-32(29,30)12-17)23(28)22-21(26)20-18(25)9-16(24)10-19(20)31-22/h3-6,9-10,13,17H,7-8,11-12H2,1-2H3/t17-/m0/s1. The normalized spacial score (nSPS) is 17.9. The van der Waals surface area contributed by atoms with Gasteiger partial charge in [-0.05, 0) is 35.6 Å². The third-order valence-electron chi connectivity index (χ3n) is 5.75. The number of thiophene rings is 1. The number of hydrogen-bond acceptors (Lipinski definition) is 4. The number of carbonyl (C=O) groups excluding carboxylic acids is 1. The van der Waals surface area contributed by atoms with Gasteiger partial charge in [-0.2, -0.15) is 0 Å². The van der Waals surface area contributed by atoms with Gasteiger partial charge in [0.25, 0.3) is 5.91 Å². The van der Waals surface area contributed by atoms with Crippen molar-refractivity contribution < 1.29 is 13.2 Å². The first kappa shape index (κ1) is 23.8. The fraction of sp³-hybridized carbons (Fsp3) is 0.348. The molecule has 1 atom stereocenters. The molecule has 2 heterocycles. The quantitative estimate of drug-likeness (QED) is 0.364. The highest BCUT2D eigenvalue weighted by atomic mass is 35.5. The summed E-state index contributed by atoms with van der Waals surface area (Å²) in [4.78, 5) is 15.7. The molecule has 1 fully saturated rings. The molecule has 0 N–H and O–H groups in total. The van der Waals surface area contributed by atoms with E-state index in [1.165, 1.54) is 16.9 Å². The van der Waals surface area contributed by atoms with Gasteiger partial charge in [-0.3, -0.25) is 4.79 Å². The summed E-state index contributed by atoms with van der Waals surface area (Å²) < 4.78 is 25.1. The first-order valence-electron chi connectivity index (χ1n) is 10.2. The zero-order chi connectivity index (χ0) is 23.2. The summed E-state index contributed by atoms with van der Waals surface area (Å²) in [7, 11) is -3.18. The van der Waals surface area contributed by atoms with Crippen LogP contribution in [0.3, 0.4) is 0 Å². The van der Waals surface area contributed by atoms with Gasteiger partial charge in [0.1, 0.15) is 4.88 Å². The Morgan fingerprint density at radius 3 is 2.44 bits per heavy atom. The first-order valence-corrected chi connectivity index (χ1v) is 14.0. The first-order chi connectivity index (χ1) is 15.1. The van der Waals surface area contributed by atoms with E-state index in [1.807, 2.05) is 24.3 Å². The van der Waals surface area contributed by atoms with Crippen LogP contribution in [0, 0.1) is 0 Å². The smallest absolute Gasteiger partial charge is 0.266 e. The van der Waals surface area contributed by atoms with Gasteiger partial charge in [0.15, 0.2) is 9.84 Å². The van der Waals surface area contributed by atoms with Gasteiger partial charge in [0.2, 0.25) is 0 Å². The monoisotopic (exact) mass is 529 g/mol. The number of rotatable bonds is 5. The summed E-state index contributed by atoms with van der Waals surface area (Å²) in [5.41, 5.74) is 2.14. The minimum Gasteiger partial charge on any atom is -0.330 e. The third kappa shape index (κ3) is 4.80. The van der Waals surface area contributed by atoms with Crippen LogP contribution in [0.1, 0.15) is 47.0 Å². The van der Waals surface area contributed by atoms with Crippen molar-refractivity contribution in [3.8, 4) is 0 Å². The lowest BCUT2D eigenvalue weighted by Crippen LogP contribution is -2.40. The Labute approximate surface area is 207 Å². The molecule has 0 spiro atoms. The van der Waals surface area contributed by atoms with E-state index >= 15 is 0 Å². The molecule has 1 saturated heterocycles. The van der Waals surface area contributed by atoms with E-state index in [9.17, 15) is 13.2 Å². The number of nitrogens with zero attached hydrogens (tertiary/aromatic N) is 1. The van der Waals surface area contributed by atoms with Gasteiger partial charge in [-0.1, -0.05) is 72.9 Å². The van der Waals surface area contributed by atoms with Crippen molar-refractivity contribution in [2.75, 3.05) is 11.5 Å². The minimum atomic E-state index is -3.18. The summed E-state index contributed by atoms with van der Waals surface area (Å²) in [6.45, 7) is 4.54. The van der Waals surface area contributed by atoms with Crippen LogP contribution in [0.15, 0.2) is 36.4 Å². The Hall–Kier alpha value is -1.31. The lowest BCUT2D eigenvalue weighted by molar-refractivity contribution is 0.0686. The van der Waals surface area contributed by atoms with Gasteiger partial charge in [-0.25, -0.2) is 8.42 Å². The number of carbonyl (C=O) groups is 1. The van der Waals surface area contributed by atoms with Crippen molar-refractivity contribution in [2.24, 2.45) is 0 Å². The molecule has 1 amide bonds. The third-order valence-corrected chi connectivity index (χ3v) is 9.63. The molecule has 9 heteroatoms. The molecule has 0 bridgehead atoms. The second kappa shape index (κ2) is 9.15. The van der Waals surface area contributed by atoms with E-state index < -0.39 is 15.9 Å². The topological polar surface area (TPSA) is 54.5 Å². The Bertz CT molecular complexity index is 1280. The maximum Gasteiger partial charge on any atom is 0.266 e. The highest BCUT2D eigenvalue weighted by Gasteiger charge is 2.36. The van der Waals surface area contributed by atoms with E-state index in [1.54, 1.807) is 17.0 Å². The zero-order valence-electron chi connectivity index (χ0n) is 17.6. The summed E-state index contributed by atoms with van der Waals surface area (Å²) in [6, 6.07) is 11.0. The fourth-order valence-electron chi connectivity index (χ4n) is 3.97. The molecule has 3 aromatic rings. The average molecular weight is 531 g/mol. The predicted octanol–water partition coefficient (Wildman–Crippen LogP) is 6.81. The zero-order valence-corrected chi connectivity index (χ0v) is 21.5. The number of sulfone groups is 1. The largest absolute Gasteiger partial charge is 0.330 e. The van der Waals surface area contributed by atoms with Crippen LogP contribution in [0.25, 0.3) is 10.1 Å². The summed E-state index contributed by atoms with van der Waals surface area (Å²) in [5, 5.41) is 1.71. The number of hydrogen-bond donors (Lipinski definition) is 0. The summed E-state index contributed by atoms with van der Waals surface area (Å²) >= 11 is 20.3. The lowest BCUT2D eigenvalue weighted by Gasteiger charge is -2.28. The molecule has 1 aromatic heterocycles. The molecule has 32 heavy (non-hydrogen) atoms. The molecule has 2 aromatic carbocycles. The molecule has 4 nitrogen and oxygen atoms in total. The number of fused-ring (bicyclic) bond motifs is 1. The van der Waals surface area contributed by atoms with Gasteiger partial charge >= 0.3 is 0 Å². The SMILES string of the molecule is CC(C)c1ccc(CN(C(=O)c2sc3cc(Cl)cc(Cl)c3c2Cl)[C@H]2CCS(=O)(=O)C2)cc1. The van der Waals surface area contributed by atoms with Crippen LogP contribution >= 0.6 is 46.1 Å². The molecule has 1 aliphatic heterocycles. The summed E-state index contributed by atoms with van der Waals surface area (Å²) in [6.07, 6.45) is 0.410. The Morgan fingerprint density at radius 1 is 1.16 bits per heavy atom. The number of halogens is 3. The molecule has 0 radical (unpaired) electrons. The minimum absolute atomic E-state index is 0.0437. The molecule has 1 aliphatic rings. The van der Waals surface area contributed by atoms with Crippen LogP contribution in [0.2, 0.25) is 15.1 Å². The highest BCUT2D eigenvalue weighted by molar-refractivity contribution is 7.91. The van der Waals surface area contributed by atoms with E-state index in [-0.39, 0.29) is 22.4 Å². The van der Waals surface area contributed by atoms with Gasteiger partial charge in [0.05, 0.1) is 21.6 Å². The molecular formula is C23H22Cl3NO3S2. The van der Waals surface area contributed by atoms with Crippen molar-refractivity contribution in [3.63, 3.8) is 0 Å². The van der Waals surface area contributed by atoms with Gasteiger partial charge < -0.3 is 4.90 Å². The van der Waals surface area contributed by atoms with Gasteiger partial charge in [-0.15, -0.1) is 11.3 Å². The molecule has 0 unspecified atom stereocenters. The van der Waals surface area contributed by atoms with Crippen molar-refractivity contribution in [3.05, 3.63) is 67.5 Å². The van der Waals surface area contributed by atoms with Crippen LogP contribution < -0.4 is 0 Å². The molecule has 0 aliphatic carbocycles. The van der Waals surface area contributed by atoms with E-state index in [4.69, 9.17) is 34.8 Å². The molecule has 0 saturated carbocycles. The molecule has 4 rings (SSSR count).